The quantitative estimate of drug-likeness (QED) is 0.195. The smallest absolute Gasteiger partial charge is 0.194 e. The molecule has 0 radical (unpaired) electrons. The molecule has 7 rings (SSSR count). The summed E-state index contributed by atoms with van der Waals surface area (Å²) < 4.78 is 94.1. The molecule has 0 unspecified atom stereocenters. The molecule has 0 saturated heterocycles. The van der Waals surface area contributed by atoms with Gasteiger partial charge in [-0.25, -0.2) is 0 Å². The van der Waals surface area contributed by atoms with Gasteiger partial charge in [0.15, 0.2) is 0 Å². The molecule has 0 atom stereocenters. The fourth-order valence-corrected chi connectivity index (χ4v) is 12.2. The maximum atomic E-state index is 15.6. The van der Waals surface area contributed by atoms with Gasteiger partial charge in [0.05, 0.1) is 8.47 Å². The van der Waals surface area contributed by atoms with E-state index in [1.807, 2.05) is 48.5 Å². The first kappa shape index (κ1) is 29.7. The molecular formula is C31H18F6S6. The molecule has 0 N–H and O–H groups in total. The zero-order valence-electron chi connectivity index (χ0n) is 22.1. The van der Waals surface area contributed by atoms with Gasteiger partial charge in [-0.05, 0) is 73.5 Å². The highest BCUT2D eigenvalue weighted by Gasteiger charge is 2.80. The second-order valence-corrected chi connectivity index (χ2v) is 17.4. The van der Waals surface area contributed by atoms with Crippen LogP contribution in [0.15, 0.2) is 88.7 Å². The van der Waals surface area contributed by atoms with Crippen LogP contribution < -0.4 is 0 Å². The van der Waals surface area contributed by atoms with Crippen LogP contribution >= 0.6 is 69.7 Å². The maximum Gasteiger partial charge on any atom is 0.380 e. The summed E-state index contributed by atoms with van der Waals surface area (Å²) in [5.41, 5.74) is -3.15. The molecule has 0 fully saturated rings. The van der Waals surface area contributed by atoms with E-state index in [0.29, 0.717) is 9.75 Å². The molecule has 0 bridgehead atoms. The minimum Gasteiger partial charge on any atom is -0.194 e. The monoisotopic (exact) mass is 696 g/mol. The minimum atomic E-state index is -5.59. The van der Waals surface area contributed by atoms with Crippen molar-refractivity contribution in [1.82, 2.24) is 0 Å². The Hall–Kier alpha value is -1.96. The van der Waals surface area contributed by atoms with Crippen LogP contribution in [-0.2, 0) is 0 Å². The lowest BCUT2D eigenvalue weighted by molar-refractivity contribution is -0.254. The van der Waals surface area contributed by atoms with Gasteiger partial charge in [-0.2, -0.15) is 26.3 Å². The number of thioether (sulfide) groups is 4. The molecular weight excluding hydrogens is 679 g/mol. The van der Waals surface area contributed by atoms with Gasteiger partial charge in [0.25, 0.3) is 0 Å². The Morgan fingerprint density at radius 2 is 0.860 bits per heavy atom. The van der Waals surface area contributed by atoms with E-state index in [1.54, 1.807) is 12.2 Å². The zero-order chi connectivity index (χ0) is 30.3. The predicted octanol–water partition coefficient (Wildman–Crippen LogP) is 12.6. The number of rotatable bonds is 4. The van der Waals surface area contributed by atoms with E-state index in [4.69, 9.17) is 0 Å². The van der Waals surface area contributed by atoms with Gasteiger partial charge in [-0.3, -0.25) is 0 Å². The largest absolute Gasteiger partial charge is 0.380 e. The van der Waals surface area contributed by atoms with E-state index in [9.17, 15) is 0 Å². The van der Waals surface area contributed by atoms with E-state index in [1.165, 1.54) is 73.0 Å². The minimum absolute atomic E-state index is 0.268. The van der Waals surface area contributed by atoms with E-state index < -0.39 is 28.9 Å². The van der Waals surface area contributed by atoms with Crippen molar-refractivity contribution in [2.45, 2.75) is 51.2 Å². The molecule has 2 aliphatic heterocycles. The van der Waals surface area contributed by atoms with Crippen molar-refractivity contribution in [2.75, 3.05) is 0 Å². The molecule has 12 heteroatoms. The lowest BCUT2D eigenvalue weighted by atomic mass is 9.95. The molecule has 2 aromatic carbocycles. The first-order chi connectivity index (χ1) is 20.4. The van der Waals surface area contributed by atoms with Gasteiger partial charge in [-0.15, -0.1) is 22.7 Å². The van der Waals surface area contributed by atoms with Crippen LogP contribution in [0.5, 0.6) is 0 Å². The standard InChI is InChI=1S/C31H18F6S6/c1-15-19(11-17(38-15)13-25-40-21-7-3-4-8-22(21)41-25)27-28(30(34,35)31(36,37)29(27,32)33)20-12-18(39-16(20)2)14-26-42-23-9-5-6-10-24(23)43-26/h3-14H,1-2H3. The fraction of sp³-hybridized carbons (Fsp3) is 0.161. The van der Waals surface area contributed by atoms with Crippen LogP contribution in [0.1, 0.15) is 30.6 Å². The number of thiophene rings is 2. The van der Waals surface area contributed by atoms with Crippen molar-refractivity contribution in [1.29, 1.82) is 0 Å². The highest BCUT2D eigenvalue weighted by atomic mass is 32.2. The molecule has 0 spiro atoms. The summed E-state index contributed by atoms with van der Waals surface area (Å²) in [6.07, 6.45) is 3.57. The molecule has 0 amide bonds. The third-order valence-electron chi connectivity index (χ3n) is 7.14. The fourth-order valence-electron chi connectivity index (χ4n) is 5.14. The summed E-state index contributed by atoms with van der Waals surface area (Å²) in [4.78, 5) is 5.80. The van der Waals surface area contributed by atoms with E-state index in [0.717, 1.165) is 50.7 Å². The van der Waals surface area contributed by atoms with Gasteiger partial charge >= 0.3 is 17.8 Å². The van der Waals surface area contributed by atoms with Crippen molar-refractivity contribution >= 4 is 93.0 Å². The Balaban J connectivity index is 1.32. The third-order valence-corrected chi connectivity index (χ3v) is 14.0. The van der Waals surface area contributed by atoms with Crippen molar-refractivity contribution in [3.05, 3.63) is 99.8 Å². The van der Waals surface area contributed by atoms with Crippen molar-refractivity contribution in [3.63, 3.8) is 0 Å². The van der Waals surface area contributed by atoms with Crippen LogP contribution in [0.4, 0.5) is 26.3 Å². The van der Waals surface area contributed by atoms with Gasteiger partial charge in [0, 0.05) is 50.2 Å². The Bertz CT molecular complexity index is 1710. The molecule has 4 aromatic rings. The predicted molar refractivity (Wildman–Crippen MR) is 172 cm³/mol. The second-order valence-electron chi connectivity index (χ2n) is 9.94. The third kappa shape index (κ3) is 4.78. The summed E-state index contributed by atoms with van der Waals surface area (Å²) in [5, 5.41) is 0. The Labute approximate surface area is 268 Å². The van der Waals surface area contributed by atoms with Gasteiger partial charge in [-0.1, -0.05) is 71.3 Å². The van der Waals surface area contributed by atoms with E-state index in [2.05, 4.69) is 0 Å². The first-order valence-electron chi connectivity index (χ1n) is 12.8. The summed E-state index contributed by atoms with van der Waals surface area (Å²) in [6, 6.07) is 18.2. The average Bonchev–Trinajstić information content (AvgIpc) is 3.72. The van der Waals surface area contributed by atoms with Crippen molar-refractivity contribution in [3.8, 4) is 0 Å². The van der Waals surface area contributed by atoms with Crippen molar-refractivity contribution < 1.29 is 26.3 Å². The van der Waals surface area contributed by atoms with Crippen LogP contribution in [0.25, 0.3) is 23.3 Å². The number of hydrogen-bond acceptors (Lipinski definition) is 6. The molecule has 1 aliphatic carbocycles. The number of aryl methyl sites for hydroxylation is 2. The summed E-state index contributed by atoms with van der Waals surface area (Å²) in [5.74, 6) is -15.8. The average molecular weight is 697 g/mol. The highest BCUT2D eigenvalue weighted by Crippen LogP contribution is 2.66. The molecule has 220 valence electrons. The van der Waals surface area contributed by atoms with Gasteiger partial charge < -0.3 is 0 Å². The SMILES string of the molecule is Cc1sc(C=C2Sc3ccccc3S2)cc1C1=C(c2cc(C=C3Sc4ccccc4S3)sc2C)C(F)(F)C(F)(F)C1(F)F. The normalized spacial score (nSPS) is 19.6. The van der Waals surface area contributed by atoms with Crippen LogP contribution in [-0.4, -0.2) is 17.8 Å². The number of benzene rings is 2. The summed E-state index contributed by atoms with van der Waals surface area (Å²) in [7, 11) is 0. The summed E-state index contributed by atoms with van der Waals surface area (Å²) >= 11 is 8.28. The van der Waals surface area contributed by atoms with Gasteiger partial charge in [0.1, 0.15) is 0 Å². The van der Waals surface area contributed by atoms with Crippen LogP contribution in [0, 0.1) is 13.8 Å². The zero-order valence-corrected chi connectivity index (χ0v) is 27.0. The maximum absolute atomic E-state index is 15.6. The second kappa shape index (κ2) is 10.6. The molecule has 2 aromatic heterocycles. The van der Waals surface area contributed by atoms with Crippen molar-refractivity contribution in [2.24, 2.45) is 0 Å². The first-order valence-corrected chi connectivity index (χ1v) is 17.7. The van der Waals surface area contributed by atoms with Crippen LogP contribution in [0.2, 0.25) is 0 Å². The lowest BCUT2D eigenvalue weighted by Gasteiger charge is -2.25. The molecule has 3 aliphatic rings. The number of fused-ring (bicyclic) bond motifs is 2. The number of hydrogen-bond donors (Lipinski definition) is 0. The highest BCUT2D eigenvalue weighted by molar-refractivity contribution is 8.25. The summed E-state index contributed by atoms with van der Waals surface area (Å²) in [6.45, 7) is 3.01. The molecule has 43 heavy (non-hydrogen) atoms. The molecule has 0 nitrogen and oxygen atoms in total. The number of allylic oxidation sites excluding steroid dienone is 2. The topological polar surface area (TPSA) is 0 Å². The molecule has 4 heterocycles. The van der Waals surface area contributed by atoms with E-state index in [-0.39, 0.29) is 20.9 Å². The number of halogens is 6. The Kier molecular flexibility index (Phi) is 7.30. The Morgan fingerprint density at radius 1 is 0.535 bits per heavy atom. The Morgan fingerprint density at radius 3 is 1.19 bits per heavy atom. The van der Waals surface area contributed by atoms with Gasteiger partial charge in [0.2, 0.25) is 0 Å². The van der Waals surface area contributed by atoms with E-state index >= 15 is 26.3 Å². The van der Waals surface area contributed by atoms with Crippen LogP contribution in [0.3, 0.4) is 0 Å². The molecule has 0 saturated carbocycles. The lowest BCUT2D eigenvalue weighted by Crippen LogP contribution is -2.48. The number of alkyl halides is 6.